The zero-order valence-corrected chi connectivity index (χ0v) is 14.3. The molecule has 0 heterocycles. The van der Waals surface area contributed by atoms with Gasteiger partial charge in [-0.3, -0.25) is 9.53 Å². The quantitative estimate of drug-likeness (QED) is 0.737. The van der Waals surface area contributed by atoms with Gasteiger partial charge in [-0.1, -0.05) is 15.9 Å². The highest BCUT2D eigenvalue weighted by Gasteiger charge is 2.42. The lowest BCUT2D eigenvalue weighted by Gasteiger charge is -2.36. The molecule has 0 radical (unpaired) electrons. The van der Waals surface area contributed by atoms with Gasteiger partial charge in [0.15, 0.2) is 0 Å². The summed E-state index contributed by atoms with van der Waals surface area (Å²) in [7, 11) is -1.73. The second-order valence-corrected chi connectivity index (χ2v) is 8.26. The average Bonchev–Trinajstić information content (AvgIpc) is 2.40. The predicted molar refractivity (Wildman–Crippen MR) is 83.5 cm³/mol. The average molecular weight is 382 g/mol. The number of carbonyl (C=O) groups is 1. The Morgan fingerprint density at radius 1 is 1.43 bits per heavy atom. The van der Waals surface area contributed by atoms with E-state index in [0.29, 0.717) is 10.8 Å². The third kappa shape index (κ3) is 4.17. The van der Waals surface area contributed by atoms with Crippen LogP contribution in [0.3, 0.4) is 0 Å². The van der Waals surface area contributed by atoms with Gasteiger partial charge >= 0.3 is 0 Å². The molecule has 1 rings (SSSR count). The first-order valence-electron chi connectivity index (χ1n) is 6.30. The van der Waals surface area contributed by atoms with Crippen LogP contribution in [0.5, 0.6) is 0 Å². The largest absolute Gasteiger partial charge is 0.303 e. The maximum atomic E-state index is 14.1. The Morgan fingerprint density at radius 2 is 2.05 bits per heavy atom. The van der Waals surface area contributed by atoms with Gasteiger partial charge in [-0.25, -0.2) is 8.60 Å². The number of hydrogen-bond donors (Lipinski definition) is 1. The predicted octanol–water partition coefficient (Wildman–Crippen LogP) is 3.18. The zero-order valence-electron chi connectivity index (χ0n) is 11.9. The number of alkyl halides is 1. The molecule has 1 aromatic rings. The van der Waals surface area contributed by atoms with Gasteiger partial charge in [0, 0.05) is 16.3 Å². The summed E-state index contributed by atoms with van der Waals surface area (Å²) in [5.74, 6) is -0.601. The van der Waals surface area contributed by atoms with Crippen molar-refractivity contribution in [2.45, 2.75) is 36.9 Å². The first kappa shape index (κ1) is 18.4. The molecule has 1 unspecified atom stereocenters. The molecule has 1 aromatic carbocycles. The highest BCUT2D eigenvalue weighted by Crippen LogP contribution is 2.40. The molecule has 0 aliphatic heterocycles. The van der Waals surface area contributed by atoms with Gasteiger partial charge in [0.2, 0.25) is 0 Å². The molecular weight excluding hydrogens is 364 g/mol. The number of aldehydes is 1. The van der Waals surface area contributed by atoms with Crippen LogP contribution in [-0.4, -0.2) is 21.9 Å². The van der Waals surface area contributed by atoms with Gasteiger partial charge < -0.3 is 4.79 Å². The van der Waals surface area contributed by atoms with Crippen LogP contribution in [0.15, 0.2) is 22.7 Å². The van der Waals surface area contributed by atoms with E-state index in [-0.39, 0.29) is 18.4 Å². The van der Waals surface area contributed by atoms with Gasteiger partial charge in [0.1, 0.15) is 12.1 Å². The molecule has 0 aliphatic carbocycles. The Bertz CT molecular complexity index is 554. The smallest absolute Gasteiger partial charge is 0.127 e. The van der Waals surface area contributed by atoms with Crippen molar-refractivity contribution in [1.29, 1.82) is 0 Å². The maximum Gasteiger partial charge on any atom is 0.127 e. The number of rotatable bonds is 7. The summed E-state index contributed by atoms with van der Waals surface area (Å²) in [6.07, 6.45) is 0.332. The van der Waals surface area contributed by atoms with Crippen molar-refractivity contribution in [2.75, 3.05) is 6.67 Å². The fourth-order valence-corrected chi connectivity index (χ4v) is 3.18. The lowest BCUT2D eigenvalue weighted by Crippen LogP contribution is -2.43. The third-order valence-electron chi connectivity index (χ3n) is 3.54. The highest BCUT2D eigenvalue weighted by atomic mass is 79.9. The minimum absolute atomic E-state index is 0.00821. The molecule has 0 amide bonds. The third-order valence-corrected chi connectivity index (χ3v) is 5.27. The zero-order chi connectivity index (χ0) is 16.3. The summed E-state index contributed by atoms with van der Waals surface area (Å²) in [6.45, 7) is 2.27. The van der Waals surface area contributed by atoms with Crippen molar-refractivity contribution < 1.29 is 17.8 Å². The fourth-order valence-electron chi connectivity index (χ4n) is 2.40. The van der Waals surface area contributed by atoms with Gasteiger partial charge in [0.05, 0.1) is 22.4 Å². The van der Waals surface area contributed by atoms with Crippen molar-refractivity contribution in [2.24, 2.45) is 5.14 Å². The molecule has 0 aromatic heterocycles. The van der Waals surface area contributed by atoms with Crippen LogP contribution in [0.2, 0.25) is 0 Å². The molecule has 118 valence electrons. The molecule has 2 atom stereocenters. The van der Waals surface area contributed by atoms with E-state index in [1.807, 2.05) is 0 Å². The Labute approximate surface area is 134 Å². The van der Waals surface area contributed by atoms with E-state index in [1.54, 1.807) is 13.8 Å². The molecule has 21 heavy (non-hydrogen) atoms. The van der Waals surface area contributed by atoms with Crippen molar-refractivity contribution in [3.63, 3.8) is 0 Å². The molecule has 7 heteroatoms. The summed E-state index contributed by atoms with van der Waals surface area (Å²) in [4.78, 5) is 11.0. The summed E-state index contributed by atoms with van der Waals surface area (Å²) < 4.78 is 39.2. The van der Waals surface area contributed by atoms with E-state index in [0.717, 1.165) is 0 Å². The number of halogens is 3. The topological polar surface area (TPSA) is 60.2 Å². The SMILES string of the molecule is CC(C)(C[C@@](CF)(CC=O)c1cc(Br)ccc1F)S(N)=O. The molecular formula is C14H18BrF2NO2S. The van der Waals surface area contributed by atoms with Crippen LogP contribution in [0, 0.1) is 5.82 Å². The molecule has 0 aliphatic rings. The van der Waals surface area contributed by atoms with Crippen LogP contribution in [0.1, 0.15) is 32.3 Å². The molecule has 0 fully saturated rings. The van der Waals surface area contributed by atoms with Crippen LogP contribution in [0.4, 0.5) is 8.78 Å². The van der Waals surface area contributed by atoms with E-state index in [2.05, 4.69) is 15.9 Å². The molecule has 0 bridgehead atoms. The van der Waals surface area contributed by atoms with Crippen molar-refractivity contribution >= 4 is 33.2 Å². The van der Waals surface area contributed by atoms with Crippen LogP contribution < -0.4 is 5.14 Å². The summed E-state index contributed by atoms with van der Waals surface area (Å²) >= 11 is 3.22. The lowest BCUT2D eigenvalue weighted by molar-refractivity contribution is -0.109. The number of nitrogens with two attached hydrogens (primary N) is 1. The lowest BCUT2D eigenvalue weighted by atomic mass is 9.73. The van der Waals surface area contributed by atoms with E-state index < -0.39 is 33.6 Å². The molecule has 0 spiro atoms. The number of benzene rings is 1. The minimum atomic E-state index is -1.73. The standard InChI is InChI=1S/C14H18BrF2NO2S/c1-13(2,21(18)20)8-14(9-16,5-6-19)11-7-10(15)3-4-12(11)17/h3-4,6-7H,5,8-9,18H2,1-2H3/t14-,21?/m1/s1. The summed E-state index contributed by atoms with van der Waals surface area (Å²) in [6, 6.07) is 4.16. The first-order chi connectivity index (χ1) is 9.68. The van der Waals surface area contributed by atoms with Crippen molar-refractivity contribution in [3.8, 4) is 0 Å². The Morgan fingerprint density at radius 3 is 2.52 bits per heavy atom. The summed E-state index contributed by atoms with van der Waals surface area (Å²) in [5.41, 5.74) is -1.29. The molecule has 0 saturated heterocycles. The van der Waals surface area contributed by atoms with E-state index in [9.17, 15) is 17.8 Å². The number of hydrogen-bond acceptors (Lipinski definition) is 2. The molecule has 0 saturated carbocycles. The second-order valence-electron chi connectivity index (χ2n) is 5.64. The van der Waals surface area contributed by atoms with Crippen LogP contribution in [-0.2, 0) is 21.2 Å². The van der Waals surface area contributed by atoms with Crippen LogP contribution in [0.25, 0.3) is 0 Å². The molecule has 2 N–H and O–H groups in total. The van der Waals surface area contributed by atoms with E-state index in [1.165, 1.54) is 18.2 Å². The Balaban J connectivity index is 3.42. The summed E-state index contributed by atoms with van der Waals surface area (Å²) in [5, 5.41) is 5.43. The Hall–Kier alpha value is -0.660. The van der Waals surface area contributed by atoms with Crippen molar-refractivity contribution in [3.05, 3.63) is 34.1 Å². The van der Waals surface area contributed by atoms with Gasteiger partial charge in [0.25, 0.3) is 0 Å². The first-order valence-corrected chi connectivity index (χ1v) is 8.30. The maximum absolute atomic E-state index is 14.1. The highest BCUT2D eigenvalue weighted by molar-refractivity contribution is 9.10. The van der Waals surface area contributed by atoms with Crippen LogP contribution >= 0.6 is 15.9 Å². The van der Waals surface area contributed by atoms with Gasteiger partial charge in [-0.2, -0.15) is 0 Å². The van der Waals surface area contributed by atoms with E-state index in [4.69, 9.17) is 5.14 Å². The second kappa shape index (κ2) is 7.07. The van der Waals surface area contributed by atoms with Gasteiger partial charge in [-0.05, 0) is 44.0 Å². The van der Waals surface area contributed by atoms with Gasteiger partial charge in [-0.15, -0.1) is 0 Å². The number of carbonyl (C=O) groups excluding carboxylic acids is 1. The fraction of sp³-hybridized carbons (Fsp3) is 0.500. The normalized spacial score (nSPS) is 16.3. The minimum Gasteiger partial charge on any atom is -0.303 e. The molecule has 3 nitrogen and oxygen atoms in total. The monoisotopic (exact) mass is 381 g/mol. The van der Waals surface area contributed by atoms with Crippen molar-refractivity contribution in [1.82, 2.24) is 0 Å². The van der Waals surface area contributed by atoms with E-state index >= 15 is 0 Å². The Kier molecular flexibility index (Phi) is 6.19.